The summed E-state index contributed by atoms with van der Waals surface area (Å²) in [5, 5.41) is 0. The Bertz CT molecular complexity index is 1170. The van der Waals surface area contributed by atoms with Gasteiger partial charge >= 0.3 is 6.18 Å². The van der Waals surface area contributed by atoms with Gasteiger partial charge in [0.2, 0.25) is 15.9 Å². The van der Waals surface area contributed by atoms with Gasteiger partial charge in [0.15, 0.2) is 0 Å². The van der Waals surface area contributed by atoms with Crippen LogP contribution in [0.1, 0.15) is 25.0 Å². The summed E-state index contributed by atoms with van der Waals surface area (Å²) in [6, 6.07) is 9.75. The minimum atomic E-state index is -4.43. The average molecular weight is 468 g/mol. The summed E-state index contributed by atoms with van der Waals surface area (Å²) in [6.45, 7) is 4.38. The van der Waals surface area contributed by atoms with Crippen molar-refractivity contribution in [3.63, 3.8) is 0 Å². The van der Waals surface area contributed by atoms with Gasteiger partial charge in [-0.3, -0.25) is 4.79 Å². The van der Waals surface area contributed by atoms with Gasteiger partial charge in [-0.25, -0.2) is 8.42 Å². The SMILES string of the molecule is CN1C(=O)C(C)(C)c2cc(S(=O)(=O)N3CCN(c4cccc(C(F)(F)F)c4)CC3)ccc21. The lowest BCUT2D eigenvalue weighted by Crippen LogP contribution is -2.48. The van der Waals surface area contributed by atoms with Gasteiger partial charge < -0.3 is 9.80 Å². The first-order valence-electron chi connectivity index (χ1n) is 10.2. The third-order valence-electron chi connectivity index (χ3n) is 6.26. The highest BCUT2D eigenvalue weighted by atomic mass is 32.2. The van der Waals surface area contributed by atoms with Gasteiger partial charge in [0.25, 0.3) is 0 Å². The number of piperazine rings is 1. The molecule has 0 bridgehead atoms. The fraction of sp³-hybridized carbons (Fsp3) is 0.409. The van der Waals surface area contributed by atoms with Crippen LogP contribution in [0.25, 0.3) is 0 Å². The van der Waals surface area contributed by atoms with E-state index in [0.717, 1.165) is 12.1 Å². The van der Waals surface area contributed by atoms with E-state index >= 15 is 0 Å². The van der Waals surface area contributed by atoms with E-state index in [-0.39, 0.29) is 37.0 Å². The molecule has 2 aromatic rings. The number of hydrogen-bond acceptors (Lipinski definition) is 4. The quantitative estimate of drug-likeness (QED) is 0.694. The molecule has 4 rings (SSSR count). The summed E-state index contributed by atoms with van der Waals surface area (Å²) in [7, 11) is -2.15. The number of anilines is 2. The van der Waals surface area contributed by atoms with Crippen molar-refractivity contribution in [2.45, 2.75) is 30.3 Å². The summed E-state index contributed by atoms with van der Waals surface area (Å²) in [5.41, 5.74) is 0.211. The molecule has 1 amide bonds. The standard InChI is InChI=1S/C22H24F3N3O3S/c1-21(2)18-14-17(7-8-19(18)26(3)20(21)29)32(30,31)28-11-9-27(10-12-28)16-6-4-5-15(13-16)22(23,24)25/h4-8,13-14H,9-12H2,1-3H3. The molecule has 2 aliphatic heterocycles. The Kier molecular flexibility index (Phi) is 5.28. The van der Waals surface area contributed by atoms with E-state index in [4.69, 9.17) is 0 Å². The Hall–Kier alpha value is -2.59. The molecule has 32 heavy (non-hydrogen) atoms. The number of carbonyl (C=O) groups is 1. The van der Waals surface area contributed by atoms with Crippen molar-refractivity contribution < 1.29 is 26.4 Å². The summed E-state index contributed by atoms with van der Waals surface area (Å²) in [4.78, 5) is 15.9. The Morgan fingerprint density at radius 3 is 2.25 bits per heavy atom. The van der Waals surface area contributed by atoms with Crippen LogP contribution in [0.5, 0.6) is 0 Å². The smallest absolute Gasteiger partial charge is 0.369 e. The van der Waals surface area contributed by atoms with Crippen molar-refractivity contribution in [1.29, 1.82) is 0 Å². The zero-order valence-corrected chi connectivity index (χ0v) is 18.8. The van der Waals surface area contributed by atoms with Crippen LogP contribution in [0, 0.1) is 0 Å². The maximum atomic E-state index is 13.3. The molecule has 2 aliphatic rings. The van der Waals surface area contributed by atoms with Crippen LogP contribution >= 0.6 is 0 Å². The van der Waals surface area contributed by atoms with Crippen molar-refractivity contribution in [2.24, 2.45) is 0 Å². The molecule has 1 fully saturated rings. The minimum absolute atomic E-state index is 0.100. The first-order chi connectivity index (χ1) is 14.8. The second kappa shape index (κ2) is 7.48. The molecule has 0 N–H and O–H groups in total. The largest absolute Gasteiger partial charge is 0.416 e. The normalized spacial score (nSPS) is 19.4. The molecule has 2 heterocycles. The van der Waals surface area contributed by atoms with Gasteiger partial charge in [-0.05, 0) is 55.8 Å². The fourth-order valence-electron chi connectivity index (χ4n) is 4.33. The summed E-state index contributed by atoms with van der Waals surface area (Å²) >= 11 is 0. The number of rotatable bonds is 3. The summed E-state index contributed by atoms with van der Waals surface area (Å²) < 4.78 is 66.9. The second-order valence-corrected chi connectivity index (χ2v) is 10.5. The van der Waals surface area contributed by atoms with Gasteiger partial charge in [-0.2, -0.15) is 17.5 Å². The van der Waals surface area contributed by atoms with Gasteiger partial charge in [0.1, 0.15) is 0 Å². The van der Waals surface area contributed by atoms with E-state index in [0.29, 0.717) is 16.9 Å². The zero-order chi connectivity index (χ0) is 23.5. The Morgan fingerprint density at radius 1 is 0.969 bits per heavy atom. The van der Waals surface area contributed by atoms with Gasteiger partial charge in [-0.15, -0.1) is 0 Å². The van der Waals surface area contributed by atoms with Gasteiger partial charge in [0.05, 0.1) is 15.9 Å². The Morgan fingerprint density at radius 2 is 1.62 bits per heavy atom. The number of alkyl halides is 3. The van der Waals surface area contributed by atoms with Crippen LogP contribution in [0.3, 0.4) is 0 Å². The number of amides is 1. The number of fused-ring (bicyclic) bond motifs is 1. The first-order valence-corrected chi connectivity index (χ1v) is 11.6. The van der Waals surface area contributed by atoms with Crippen LogP contribution in [0.2, 0.25) is 0 Å². The molecule has 0 radical (unpaired) electrons. The van der Waals surface area contributed by atoms with Crippen molar-refractivity contribution in [3.8, 4) is 0 Å². The van der Waals surface area contributed by atoms with Crippen molar-refractivity contribution in [1.82, 2.24) is 4.31 Å². The molecule has 0 aromatic heterocycles. The molecular weight excluding hydrogens is 443 g/mol. The highest BCUT2D eigenvalue weighted by Gasteiger charge is 2.43. The third kappa shape index (κ3) is 3.65. The molecule has 172 valence electrons. The molecule has 2 aromatic carbocycles. The molecule has 0 unspecified atom stereocenters. The molecule has 0 aliphatic carbocycles. The second-order valence-electron chi connectivity index (χ2n) is 8.61. The van der Waals surface area contributed by atoms with E-state index in [1.54, 1.807) is 44.0 Å². The van der Waals surface area contributed by atoms with E-state index in [1.807, 2.05) is 0 Å². The summed E-state index contributed by atoms with van der Waals surface area (Å²) in [6.07, 6.45) is -4.43. The number of sulfonamides is 1. The van der Waals surface area contributed by atoms with E-state index in [9.17, 15) is 26.4 Å². The highest BCUT2D eigenvalue weighted by Crippen LogP contribution is 2.42. The van der Waals surface area contributed by atoms with E-state index in [1.165, 1.54) is 21.3 Å². The minimum Gasteiger partial charge on any atom is -0.369 e. The number of hydrogen-bond donors (Lipinski definition) is 0. The third-order valence-corrected chi connectivity index (χ3v) is 8.15. The van der Waals surface area contributed by atoms with Crippen LogP contribution in [-0.4, -0.2) is 51.9 Å². The van der Waals surface area contributed by atoms with Crippen molar-refractivity contribution >= 4 is 27.3 Å². The molecule has 0 saturated carbocycles. The first kappa shape index (κ1) is 22.6. The molecule has 10 heteroatoms. The lowest BCUT2D eigenvalue weighted by Gasteiger charge is -2.35. The molecule has 0 spiro atoms. The number of likely N-dealkylation sites (N-methyl/N-ethyl adjacent to an activating group) is 1. The predicted octanol–water partition coefficient (Wildman–Crippen LogP) is 3.47. The zero-order valence-electron chi connectivity index (χ0n) is 18.0. The van der Waals surface area contributed by atoms with Crippen molar-refractivity contribution in [3.05, 3.63) is 53.6 Å². The van der Waals surface area contributed by atoms with Crippen LogP contribution in [0.4, 0.5) is 24.5 Å². The molecule has 0 atom stereocenters. The monoisotopic (exact) mass is 467 g/mol. The number of halogens is 3. The fourth-order valence-corrected chi connectivity index (χ4v) is 5.78. The Balaban J connectivity index is 1.54. The lowest BCUT2D eigenvalue weighted by molar-refractivity contribution is -0.137. The topological polar surface area (TPSA) is 60.9 Å². The Labute approximate surface area is 185 Å². The van der Waals surface area contributed by atoms with E-state index < -0.39 is 27.2 Å². The number of carbonyl (C=O) groups excluding carboxylic acids is 1. The molecular formula is C22H24F3N3O3S. The number of benzene rings is 2. The molecule has 6 nitrogen and oxygen atoms in total. The average Bonchev–Trinajstić information content (AvgIpc) is 2.93. The van der Waals surface area contributed by atoms with Gasteiger partial charge in [-0.1, -0.05) is 6.07 Å². The molecule has 1 saturated heterocycles. The maximum absolute atomic E-state index is 13.3. The highest BCUT2D eigenvalue weighted by molar-refractivity contribution is 7.89. The lowest BCUT2D eigenvalue weighted by atomic mass is 9.86. The number of nitrogens with zero attached hydrogens (tertiary/aromatic N) is 3. The van der Waals surface area contributed by atoms with Gasteiger partial charge in [0, 0.05) is 44.6 Å². The van der Waals surface area contributed by atoms with Crippen LogP contribution < -0.4 is 9.80 Å². The van der Waals surface area contributed by atoms with Crippen LogP contribution in [-0.2, 0) is 26.4 Å². The van der Waals surface area contributed by atoms with Crippen LogP contribution in [0.15, 0.2) is 47.4 Å². The van der Waals surface area contributed by atoms with Crippen molar-refractivity contribution in [2.75, 3.05) is 43.0 Å². The summed E-state index contributed by atoms with van der Waals surface area (Å²) in [5.74, 6) is -0.100. The maximum Gasteiger partial charge on any atom is 0.416 e. The predicted molar refractivity (Wildman–Crippen MR) is 115 cm³/mol. The van der Waals surface area contributed by atoms with E-state index in [2.05, 4.69) is 0 Å².